The van der Waals surface area contributed by atoms with Crippen LogP contribution < -0.4 is 21.3 Å². The third kappa shape index (κ3) is 3.78. The minimum absolute atomic E-state index is 0.00680. The van der Waals surface area contributed by atoms with Crippen molar-refractivity contribution in [2.45, 2.75) is 18.9 Å². The van der Waals surface area contributed by atoms with Gasteiger partial charge >= 0.3 is 11.7 Å². The molecule has 12 heteroatoms. The van der Waals surface area contributed by atoms with Crippen LogP contribution >= 0.6 is 15.9 Å². The molecule has 0 unspecified atom stereocenters. The molecule has 0 bridgehead atoms. The number of fused-ring (bicyclic) bond motifs is 1. The van der Waals surface area contributed by atoms with E-state index in [0.29, 0.717) is 27.8 Å². The molecule has 5 rings (SSSR count). The molecule has 0 radical (unpaired) electrons. The molecule has 3 N–H and O–H groups in total. The fourth-order valence-corrected chi connectivity index (χ4v) is 3.24. The number of nitriles is 1. The van der Waals surface area contributed by atoms with Crippen molar-refractivity contribution in [3.05, 3.63) is 61.4 Å². The minimum Gasteiger partial charge on any atom is -0.493 e. The lowest BCUT2D eigenvalue weighted by Gasteiger charge is -2.06. The van der Waals surface area contributed by atoms with Gasteiger partial charge in [0.2, 0.25) is 5.88 Å². The average molecular weight is 481 g/mol. The fourth-order valence-electron chi connectivity index (χ4n) is 2.88. The number of H-pyrrole nitrogens is 2. The molecule has 0 atom stereocenters. The van der Waals surface area contributed by atoms with Crippen LogP contribution in [0.3, 0.4) is 0 Å². The molecule has 0 aliphatic heterocycles. The fraction of sp³-hybridized carbons (Fsp3) is 0.158. The minimum atomic E-state index is -0.539. The number of benzene rings is 1. The Kier molecular flexibility index (Phi) is 4.52. The Morgan fingerprint density at radius 3 is 2.90 bits per heavy atom. The summed E-state index contributed by atoms with van der Waals surface area (Å²) in [5, 5.41) is 24.0. The number of aromatic nitrogens is 6. The quantitative estimate of drug-likeness (QED) is 0.391. The van der Waals surface area contributed by atoms with Crippen molar-refractivity contribution < 1.29 is 9.84 Å². The first-order valence-electron chi connectivity index (χ1n) is 9.20. The molecule has 3 aromatic heterocycles. The number of imidazole rings is 1. The summed E-state index contributed by atoms with van der Waals surface area (Å²) in [5.74, 6) is -0.00336. The summed E-state index contributed by atoms with van der Waals surface area (Å²) in [6, 6.07) is 7.24. The largest absolute Gasteiger partial charge is 0.493 e. The molecule has 0 saturated heterocycles. The van der Waals surface area contributed by atoms with Crippen molar-refractivity contribution in [3.63, 3.8) is 0 Å². The van der Waals surface area contributed by atoms with Crippen LogP contribution in [0, 0.1) is 11.3 Å². The van der Waals surface area contributed by atoms with Crippen molar-refractivity contribution in [2.75, 3.05) is 0 Å². The van der Waals surface area contributed by atoms with E-state index in [1.54, 1.807) is 18.2 Å². The second-order valence-electron chi connectivity index (χ2n) is 6.84. The van der Waals surface area contributed by atoms with Gasteiger partial charge in [0.1, 0.15) is 17.5 Å². The van der Waals surface area contributed by atoms with E-state index >= 15 is 0 Å². The van der Waals surface area contributed by atoms with Crippen LogP contribution in [0.25, 0.3) is 11.7 Å². The highest BCUT2D eigenvalue weighted by Crippen LogP contribution is 2.26. The summed E-state index contributed by atoms with van der Waals surface area (Å²) in [6.07, 6.45) is 4.97. The van der Waals surface area contributed by atoms with Gasteiger partial charge in [0.25, 0.3) is 5.62 Å². The Morgan fingerprint density at radius 1 is 1.35 bits per heavy atom. The SMILES string of the molecule is N#Cc1cc(Br)ccc1Oc1nc(=NC2CC2)n2nc/c(=C\c3[nH]c(=O)[nH]c3O)c2n1. The van der Waals surface area contributed by atoms with Gasteiger partial charge in [-0.1, -0.05) is 15.9 Å². The zero-order valence-corrected chi connectivity index (χ0v) is 17.3. The molecule has 11 nitrogen and oxygen atoms in total. The zero-order chi connectivity index (χ0) is 21.5. The lowest BCUT2D eigenvalue weighted by molar-refractivity contribution is 0.434. The smallest absolute Gasteiger partial charge is 0.327 e. The molecule has 1 aromatic carbocycles. The van der Waals surface area contributed by atoms with Crippen LogP contribution in [0.15, 0.2) is 38.7 Å². The van der Waals surface area contributed by atoms with Gasteiger partial charge in [-0.2, -0.15) is 24.8 Å². The van der Waals surface area contributed by atoms with E-state index in [4.69, 9.17) is 4.74 Å². The number of rotatable bonds is 4. The zero-order valence-electron chi connectivity index (χ0n) is 15.7. The Bertz CT molecular complexity index is 1540. The van der Waals surface area contributed by atoms with E-state index < -0.39 is 5.69 Å². The molecule has 0 amide bonds. The second kappa shape index (κ2) is 7.37. The van der Waals surface area contributed by atoms with Crippen molar-refractivity contribution >= 4 is 27.7 Å². The lowest BCUT2D eigenvalue weighted by Crippen LogP contribution is -2.23. The maximum Gasteiger partial charge on any atom is 0.327 e. The van der Waals surface area contributed by atoms with Crippen molar-refractivity contribution in [2.24, 2.45) is 4.99 Å². The summed E-state index contributed by atoms with van der Waals surface area (Å²) in [6.45, 7) is 0. The third-order valence-corrected chi connectivity index (χ3v) is 4.99. The van der Waals surface area contributed by atoms with Crippen LogP contribution in [-0.4, -0.2) is 40.7 Å². The van der Waals surface area contributed by atoms with Gasteiger partial charge in [0, 0.05) is 9.69 Å². The topological polar surface area (TPSA) is 157 Å². The van der Waals surface area contributed by atoms with E-state index in [1.165, 1.54) is 16.8 Å². The maximum atomic E-state index is 11.4. The molecule has 1 aliphatic carbocycles. The highest BCUT2D eigenvalue weighted by molar-refractivity contribution is 9.10. The van der Waals surface area contributed by atoms with Crippen LogP contribution in [0.4, 0.5) is 0 Å². The van der Waals surface area contributed by atoms with Gasteiger partial charge < -0.3 is 14.8 Å². The third-order valence-electron chi connectivity index (χ3n) is 4.50. The molecule has 3 heterocycles. The highest BCUT2D eigenvalue weighted by atomic mass is 79.9. The highest BCUT2D eigenvalue weighted by Gasteiger charge is 2.21. The second-order valence-corrected chi connectivity index (χ2v) is 7.76. The number of nitrogens with zero attached hydrogens (tertiary/aromatic N) is 6. The average Bonchev–Trinajstić information content (AvgIpc) is 3.38. The van der Waals surface area contributed by atoms with E-state index in [-0.39, 0.29) is 23.6 Å². The first-order chi connectivity index (χ1) is 15.0. The number of hydrogen-bond donors (Lipinski definition) is 3. The first kappa shape index (κ1) is 19.0. The van der Waals surface area contributed by atoms with E-state index in [1.807, 2.05) is 0 Å². The van der Waals surface area contributed by atoms with Crippen LogP contribution in [0.2, 0.25) is 0 Å². The normalized spacial score (nSPS) is 14.8. The van der Waals surface area contributed by atoms with Gasteiger partial charge in [-0.3, -0.25) is 4.98 Å². The number of aromatic amines is 2. The molecule has 31 heavy (non-hydrogen) atoms. The van der Waals surface area contributed by atoms with E-state index in [0.717, 1.165) is 17.3 Å². The Balaban J connectivity index is 1.69. The van der Waals surface area contributed by atoms with Crippen LogP contribution in [-0.2, 0) is 0 Å². The number of halogens is 1. The molecule has 0 spiro atoms. The van der Waals surface area contributed by atoms with E-state index in [9.17, 15) is 15.2 Å². The number of ether oxygens (including phenoxy) is 1. The van der Waals surface area contributed by atoms with Crippen molar-refractivity contribution in [1.82, 2.24) is 29.5 Å². The van der Waals surface area contributed by atoms with Crippen molar-refractivity contribution in [3.8, 4) is 23.7 Å². The standard InChI is InChI=1S/C19H13BrN8O3/c20-11-1-4-14(9(5-11)7-21)31-19-25-15-10(6-13-16(29)26-18(30)24-13)8-22-28(15)17(27-19)23-12-2-3-12/h1,4-6,8,12,29H,2-3H2,(H2,24,26,30)/b10-6+,23-17?. The first-order valence-corrected chi connectivity index (χ1v) is 9.99. The Labute approximate surface area is 181 Å². The molecule has 1 saturated carbocycles. The maximum absolute atomic E-state index is 11.4. The number of nitrogens with one attached hydrogen (secondary N) is 2. The molecule has 1 fully saturated rings. The summed E-state index contributed by atoms with van der Waals surface area (Å²) in [4.78, 5) is 29.5. The summed E-state index contributed by atoms with van der Waals surface area (Å²) in [7, 11) is 0. The predicted molar refractivity (Wildman–Crippen MR) is 110 cm³/mol. The molecule has 4 aromatic rings. The summed E-state index contributed by atoms with van der Waals surface area (Å²) in [5.41, 5.74) is 0.628. The van der Waals surface area contributed by atoms with Gasteiger partial charge in [-0.05, 0) is 37.1 Å². The van der Waals surface area contributed by atoms with Gasteiger partial charge in [-0.15, -0.1) is 0 Å². The number of aromatic hydroxyl groups is 1. The van der Waals surface area contributed by atoms with Crippen LogP contribution in [0.1, 0.15) is 24.1 Å². The monoisotopic (exact) mass is 480 g/mol. The Morgan fingerprint density at radius 2 is 2.19 bits per heavy atom. The molecular weight excluding hydrogens is 468 g/mol. The summed E-state index contributed by atoms with van der Waals surface area (Å²) < 4.78 is 8.02. The van der Waals surface area contributed by atoms with Crippen molar-refractivity contribution in [1.29, 1.82) is 5.26 Å². The lowest BCUT2D eigenvalue weighted by atomic mass is 10.2. The Hall–Kier alpha value is -3.98. The summed E-state index contributed by atoms with van der Waals surface area (Å²) >= 11 is 3.33. The molecule has 1 aliphatic rings. The molecule has 154 valence electrons. The predicted octanol–water partition coefficient (Wildman–Crippen LogP) is 0.884. The van der Waals surface area contributed by atoms with E-state index in [2.05, 4.69) is 52.0 Å². The van der Waals surface area contributed by atoms with Crippen LogP contribution in [0.5, 0.6) is 17.6 Å². The molecular formula is C19H13BrN8O3. The van der Waals surface area contributed by atoms with Gasteiger partial charge in [0.15, 0.2) is 5.65 Å². The van der Waals surface area contributed by atoms with Gasteiger partial charge in [-0.25, -0.2) is 9.79 Å². The van der Waals surface area contributed by atoms with Gasteiger partial charge in [0.05, 0.1) is 17.8 Å². The number of hydrogen-bond acceptors (Lipinski definition) is 8.